The average Bonchev–Trinajstić information content (AvgIpc) is 2.89. The van der Waals surface area contributed by atoms with Crippen molar-refractivity contribution in [1.29, 1.82) is 5.41 Å². The Morgan fingerprint density at radius 1 is 1.10 bits per heavy atom. The van der Waals surface area contributed by atoms with Crippen molar-refractivity contribution in [3.63, 3.8) is 0 Å². The standard InChI is InChI=1S/C19H19N7O6.C4H9N3O2/c20-19-25-15-14(17(30)26-19)23-11(8-22-15)7-21-10-3-1-9(2-4-10)16(29)24-12(18(31)32)5-6-13(27)28;1-7(4(5)6)2-3(8)9/h1-4,8,12,21H,5-7H2,(H,24,29)(H,27,28)(H,31,32)(H3,20,22,25,26,30);2H2,1H3,(H3,5,6)(H,8,9). The minimum Gasteiger partial charge on any atom is -0.481 e. The van der Waals surface area contributed by atoms with Gasteiger partial charge in [-0.25, -0.2) is 14.8 Å². The molecule has 0 aliphatic heterocycles. The SMILES string of the molecule is CN(CC(=O)O)C(=N)N.Nc1nc2ncc(CNc3ccc(C(=O)NC(CCC(=O)O)C(=O)O)cc3)nc2c(=O)[nH]1. The van der Waals surface area contributed by atoms with Crippen molar-refractivity contribution in [2.45, 2.75) is 25.4 Å². The molecular weight excluding hydrogens is 544 g/mol. The lowest BCUT2D eigenvalue weighted by Crippen LogP contribution is -2.41. The molecule has 18 nitrogen and oxygen atoms in total. The number of nitrogens with one attached hydrogen (secondary N) is 4. The number of guanidine groups is 1. The third-order valence-electron chi connectivity index (χ3n) is 5.14. The van der Waals surface area contributed by atoms with Crippen molar-refractivity contribution >= 4 is 52.6 Å². The fourth-order valence-corrected chi connectivity index (χ4v) is 3.04. The third kappa shape index (κ3) is 10.1. The average molecular weight is 573 g/mol. The van der Waals surface area contributed by atoms with Crippen molar-refractivity contribution in [2.75, 3.05) is 24.6 Å². The number of rotatable bonds is 11. The van der Waals surface area contributed by atoms with Gasteiger partial charge in [0.25, 0.3) is 11.5 Å². The molecule has 1 unspecified atom stereocenters. The van der Waals surface area contributed by atoms with E-state index in [1.165, 1.54) is 25.4 Å². The van der Waals surface area contributed by atoms with Gasteiger partial charge in [0.1, 0.15) is 12.6 Å². The number of H-pyrrole nitrogens is 1. The van der Waals surface area contributed by atoms with Crippen LogP contribution in [0, 0.1) is 5.41 Å². The van der Waals surface area contributed by atoms with Crippen LogP contribution in [0.25, 0.3) is 11.2 Å². The van der Waals surface area contributed by atoms with Gasteiger partial charge in [0.15, 0.2) is 17.1 Å². The molecular formula is C23H28N10O8. The normalized spacial score (nSPS) is 11.0. The summed E-state index contributed by atoms with van der Waals surface area (Å²) in [7, 11) is 1.44. The van der Waals surface area contributed by atoms with Crippen molar-refractivity contribution in [2.24, 2.45) is 5.73 Å². The maximum absolute atomic E-state index is 12.3. The zero-order valence-electron chi connectivity index (χ0n) is 21.6. The van der Waals surface area contributed by atoms with Crippen molar-refractivity contribution in [3.8, 4) is 0 Å². The Balaban J connectivity index is 0.000000564. The van der Waals surface area contributed by atoms with Crippen LogP contribution in [-0.2, 0) is 20.9 Å². The molecule has 1 aromatic carbocycles. The molecule has 0 saturated heterocycles. The van der Waals surface area contributed by atoms with E-state index in [0.717, 1.165) is 4.90 Å². The first-order chi connectivity index (χ1) is 19.3. The van der Waals surface area contributed by atoms with E-state index in [0.29, 0.717) is 11.4 Å². The Morgan fingerprint density at radius 2 is 1.76 bits per heavy atom. The molecule has 0 bridgehead atoms. The lowest BCUT2D eigenvalue weighted by Gasteiger charge is -2.14. The summed E-state index contributed by atoms with van der Waals surface area (Å²) in [5, 5.41) is 38.1. The number of aromatic nitrogens is 4. The van der Waals surface area contributed by atoms with E-state index in [2.05, 4.69) is 30.6 Å². The second-order valence-corrected chi connectivity index (χ2v) is 8.35. The summed E-state index contributed by atoms with van der Waals surface area (Å²) in [5.74, 6) is -4.39. The van der Waals surface area contributed by atoms with Gasteiger partial charge in [-0.2, -0.15) is 4.98 Å². The number of fused-ring (bicyclic) bond motifs is 1. The Bertz CT molecular complexity index is 1490. The smallest absolute Gasteiger partial charge is 0.326 e. The third-order valence-corrected chi connectivity index (χ3v) is 5.14. The zero-order valence-corrected chi connectivity index (χ0v) is 21.6. The fraction of sp³-hybridized carbons (Fsp3) is 0.261. The molecule has 2 aromatic heterocycles. The number of amides is 1. The van der Waals surface area contributed by atoms with E-state index >= 15 is 0 Å². The number of nitrogens with zero attached hydrogens (tertiary/aromatic N) is 4. The minimum absolute atomic E-state index is 0.0524. The summed E-state index contributed by atoms with van der Waals surface area (Å²) in [4.78, 5) is 71.6. The van der Waals surface area contributed by atoms with Gasteiger partial charge in [0.2, 0.25) is 5.95 Å². The predicted octanol–water partition coefficient (Wildman–Crippen LogP) is -1.15. The number of carbonyl (C=O) groups is 4. The second kappa shape index (κ2) is 14.4. The van der Waals surface area contributed by atoms with E-state index in [-0.39, 0.29) is 54.6 Å². The number of nitrogen functional groups attached to an aromatic ring is 1. The number of aliphatic carboxylic acids is 3. The molecule has 2 heterocycles. The molecule has 0 spiro atoms. The van der Waals surface area contributed by atoms with Crippen LogP contribution < -0.4 is 27.7 Å². The van der Waals surface area contributed by atoms with Crippen LogP contribution in [0.4, 0.5) is 11.6 Å². The summed E-state index contributed by atoms with van der Waals surface area (Å²) in [6.45, 7) is 0.00388. The highest BCUT2D eigenvalue weighted by Gasteiger charge is 2.21. The maximum Gasteiger partial charge on any atom is 0.326 e. The molecule has 0 radical (unpaired) electrons. The van der Waals surface area contributed by atoms with Crippen LogP contribution in [-0.4, -0.2) is 89.6 Å². The molecule has 0 aliphatic carbocycles. The molecule has 0 aliphatic rings. The zero-order chi connectivity index (χ0) is 30.7. The molecule has 11 N–H and O–H groups in total. The Labute approximate surface area is 230 Å². The molecule has 0 fully saturated rings. The van der Waals surface area contributed by atoms with Crippen LogP contribution in [0.5, 0.6) is 0 Å². The Kier molecular flexibility index (Phi) is 11.0. The van der Waals surface area contributed by atoms with Gasteiger partial charge in [-0.3, -0.25) is 29.6 Å². The van der Waals surface area contributed by atoms with Crippen LogP contribution in [0.1, 0.15) is 28.9 Å². The van der Waals surface area contributed by atoms with Crippen LogP contribution >= 0.6 is 0 Å². The number of hydrogen-bond acceptors (Lipinski definition) is 11. The summed E-state index contributed by atoms with van der Waals surface area (Å²) in [6, 6.07) is 4.86. The lowest BCUT2D eigenvalue weighted by molar-refractivity contribution is -0.141. The minimum atomic E-state index is -1.31. The van der Waals surface area contributed by atoms with Crippen LogP contribution in [0.3, 0.4) is 0 Å². The van der Waals surface area contributed by atoms with E-state index < -0.39 is 35.4 Å². The first-order valence-corrected chi connectivity index (χ1v) is 11.6. The number of nitrogens with two attached hydrogens (primary N) is 2. The van der Waals surface area contributed by atoms with Crippen LogP contribution in [0.2, 0.25) is 0 Å². The Hall–Kier alpha value is -5.81. The van der Waals surface area contributed by atoms with Crippen molar-refractivity contribution < 1.29 is 34.5 Å². The highest BCUT2D eigenvalue weighted by Crippen LogP contribution is 2.12. The number of carbonyl (C=O) groups excluding carboxylic acids is 1. The van der Waals surface area contributed by atoms with E-state index in [9.17, 15) is 24.0 Å². The van der Waals surface area contributed by atoms with Gasteiger partial charge in [0.05, 0.1) is 18.4 Å². The number of likely N-dealkylation sites (N-methyl/N-ethyl adjacent to an activating group) is 1. The largest absolute Gasteiger partial charge is 0.481 e. The first kappa shape index (κ1) is 31.4. The summed E-state index contributed by atoms with van der Waals surface area (Å²) in [6.07, 6.45) is 0.840. The number of carboxylic acid groups (broad SMARTS) is 3. The lowest BCUT2D eigenvalue weighted by atomic mass is 10.1. The Morgan fingerprint density at radius 3 is 2.29 bits per heavy atom. The molecule has 1 atom stereocenters. The quantitative estimate of drug-likeness (QED) is 0.0967. The van der Waals surface area contributed by atoms with Gasteiger partial charge in [-0.1, -0.05) is 0 Å². The number of carboxylic acids is 3. The number of anilines is 2. The molecule has 3 aromatic rings. The monoisotopic (exact) mass is 572 g/mol. The van der Waals surface area contributed by atoms with Crippen molar-refractivity contribution in [1.82, 2.24) is 30.2 Å². The van der Waals surface area contributed by atoms with Gasteiger partial charge < -0.3 is 42.3 Å². The number of benzene rings is 1. The summed E-state index contributed by atoms with van der Waals surface area (Å²) in [5.41, 5.74) is 11.4. The van der Waals surface area contributed by atoms with Gasteiger partial charge in [-0.05, 0) is 30.7 Å². The van der Waals surface area contributed by atoms with Gasteiger partial charge >= 0.3 is 17.9 Å². The van der Waals surface area contributed by atoms with E-state index in [1.807, 2.05) is 0 Å². The predicted molar refractivity (Wildman–Crippen MR) is 144 cm³/mol. The van der Waals surface area contributed by atoms with Crippen molar-refractivity contribution in [3.05, 3.63) is 52.1 Å². The van der Waals surface area contributed by atoms with Gasteiger partial charge in [-0.15, -0.1) is 0 Å². The van der Waals surface area contributed by atoms with E-state index in [4.69, 9.17) is 32.2 Å². The summed E-state index contributed by atoms with van der Waals surface area (Å²) < 4.78 is 0. The summed E-state index contributed by atoms with van der Waals surface area (Å²) >= 11 is 0. The van der Waals surface area contributed by atoms with Crippen LogP contribution in [0.15, 0.2) is 35.3 Å². The second-order valence-electron chi connectivity index (χ2n) is 8.35. The molecule has 3 rings (SSSR count). The number of hydrogen-bond donors (Lipinski definition) is 9. The fourth-order valence-electron chi connectivity index (χ4n) is 3.04. The molecule has 0 saturated carbocycles. The molecule has 18 heteroatoms. The first-order valence-electron chi connectivity index (χ1n) is 11.6. The molecule has 41 heavy (non-hydrogen) atoms. The molecule has 1 amide bonds. The highest BCUT2D eigenvalue weighted by molar-refractivity contribution is 5.97. The highest BCUT2D eigenvalue weighted by atomic mass is 16.4. The topological polar surface area (TPSA) is 304 Å². The van der Waals surface area contributed by atoms with E-state index in [1.54, 1.807) is 12.1 Å². The molecule has 218 valence electrons. The maximum atomic E-state index is 12.3. The number of aromatic amines is 1. The van der Waals surface area contributed by atoms with Gasteiger partial charge in [0, 0.05) is 24.7 Å².